The Morgan fingerprint density at radius 2 is 2.00 bits per heavy atom. The van der Waals surface area contributed by atoms with E-state index in [1.165, 1.54) is 11.8 Å². The number of hydrogen-bond donors (Lipinski definition) is 2. The number of aliphatic carboxylic acids is 1. The molecule has 2 aliphatic heterocycles. The zero-order chi connectivity index (χ0) is 18.2. The van der Waals surface area contributed by atoms with Crippen molar-refractivity contribution in [2.75, 3.05) is 36.9 Å². The Balaban J connectivity index is 1.72. The number of rotatable bonds is 3. The van der Waals surface area contributed by atoms with E-state index in [0.29, 0.717) is 18.9 Å². The minimum Gasteiger partial charge on any atom is -0.480 e. The molecular formula is C17H25N5O3. The first-order valence-corrected chi connectivity index (χ1v) is 8.62. The number of amides is 1. The number of carbonyl (C=O) groups is 2. The van der Waals surface area contributed by atoms with Crippen molar-refractivity contribution >= 4 is 23.6 Å². The van der Waals surface area contributed by atoms with Crippen LogP contribution in [0.1, 0.15) is 31.9 Å². The number of carboxylic acids is 1. The Kier molecular flexibility index (Phi) is 4.53. The molecule has 1 amide bonds. The Morgan fingerprint density at radius 3 is 2.52 bits per heavy atom. The maximum atomic E-state index is 11.8. The highest BCUT2D eigenvalue weighted by Gasteiger charge is 2.49. The third-order valence-electron chi connectivity index (χ3n) is 5.40. The van der Waals surface area contributed by atoms with Gasteiger partial charge in [0.25, 0.3) is 0 Å². The number of anilines is 2. The molecule has 0 radical (unpaired) electrons. The maximum Gasteiger partial charge on any atom is 0.326 e. The first-order chi connectivity index (χ1) is 11.8. The molecule has 1 aromatic heterocycles. The average molecular weight is 347 g/mol. The molecule has 8 heteroatoms. The Bertz CT molecular complexity index is 661. The minimum atomic E-state index is -0.907. The maximum absolute atomic E-state index is 11.8. The molecule has 2 fully saturated rings. The van der Waals surface area contributed by atoms with E-state index in [9.17, 15) is 14.7 Å². The molecule has 2 N–H and O–H groups in total. The van der Waals surface area contributed by atoms with Crippen LogP contribution in [0.3, 0.4) is 0 Å². The Morgan fingerprint density at radius 1 is 1.32 bits per heavy atom. The fourth-order valence-corrected chi connectivity index (χ4v) is 3.97. The van der Waals surface area contributed by atoms with Gasteiger partial charge in [0.15, 0.2) is 0 Å². The van der Waals surface area contributed by atoms with Crippen LogP contribution in [0.4, 0.5) is 11.8 Å². The summed E-state index contributed by atoms with van der Waals surface area (Å²) in [4.78, 5) is 36.0. The van der Waals surface area contributed by atoms with E-state index in [-0.39, 0.29) is 11.3 Å². The van der Waals surface area contributed by atoms with Crippen molar-refractivity contribution in [2.24, 2.45) is 5.41 Å². The van der Waals surface area contributed by atoms with Crippen LogP contribution in [0.15, 0.2) is 6.07 Å². The summed E-state index contributed by atoms with van der Waals surface area (Å²) in [6.07, 6.45) is 2.21. The zero-order valence-electron chi connectivity index (χ0n) is 14.9. The second-order valence-corrected chi connectivity index (χ2v) is 7.14. The number of carbonyl (C=O) groups excluding carboxylic acids is 1. The highest BCUT2D eigenvalue weighted by atomic mass is 16.4. The molecule has 2 saturated heterocycles. The van der Waals surface area contributed by atoms with Gasteiger partial charge in [0.2, 0.25) is 11.9 Å². The van der Waals surface area contributed by atoms with Gasteiger partial charge in [0, 0.05) is 45.4 Å². The second-order valence-electron chi connectivity index (χ2n) is 7.14. The summed E-state index contributed by atoms with van der Waals surface area (Å²) in [5.41, 5.74) is 0.796. The number of likely N-dealkylation sites (tertiary alicyclic amines) is 1. The smallest absolute Gasteiger partial charge is 0.326 e. The van der Waals surface area contributed by atoms with Crippen LogP contribution in [0.5, 0.6) is 0 Å². The van der Waals surface area contributed by atoms with Crippen molar-refractivity contribution in [3.63, 3.8) is 0 Å². The van der Waals surface area contributed by atoms with Crippen LogP contribution in [-0.2, 0) is 9.59 Å². The van der Waals surface area contributed by atoms with E-state index in [1.807, 2.05) is 20.0 Å². The summed E-state index contributed by atoms with van der Waals surface area (Å²) in [6, 6.07) is 1.20. The normalized spacial score (nSPS) is 22.3. The van der Waals surface area contributed by atoms with Gasteiger partial charge in [-0.3, -0.25) is 4.79 Å². The van der Waals surface area contributed by atoms with E-state index >= 15 is 0 Å². The molecule has 3 heterocycles. The standard InChI is InChI=1S/C17H25N5O3/c1-11-8-14(18-3)20-16(19-11)21-6-4-17(5-7-21)9-13(15(24)25)22(10-17)12(2)23/h8,13H,4-7,9-10H2,1-3H3,(H,24,25)(H,18,19,20)/t13-/m1/s1. The molecule has 0 bridgehead atoms. The highest BCUT2D eigenvalue weighted by molar-refractivity contribution is 5.83. The number of carboxylic acid groups (broad SMARTS) is 1. The summed E-state index contributed by atoms with van der Waals surface area (Å²) in [6.45, 7) is 5.46. The number of piperidine rings is 1. The third kappa shape index (κ3) is 3.38. The average Bonchev–Trinajstić information content (AvgIpc) is 2.95. The summed E-state index contributed by atoms with van der Waals surface area (Å²) < 4.78 is 0. The van der Waals surface area contributed by atoms with E-state index < -0.39 is 12.0 Å². The first kappa shape index (κ1) is 17.4. The summed E-state index contributed by atoms with van der Waals surface area (Å²) in [5.74, 6) is 0.426. The van der Waals surface area contributed by atoms with Gasteiger partial charge in [-0.25, -0.2) is 9.78 Å². The van der Waals surface area contributed by atoms with Crippen molar-refractivity contribution in [3.8, 4) is 0 Å². The number of nitrogens with zero attached hydrogens (tertiary/aromatic N) is 4. The molecule has 2 aliphatic rings. The highest BCUT2D eigenvalue weighted by Crippen LogP contribution is 2.44. The molecule has 0 saturated carbocycles. The van der Waals surface area contributed by atoms with Gasteiger partial charge in [-0.2, -0.15) is 4.98 Å². The van der Waals surface area contributed by atoms with Crippen LogP contribution in [-0.4, -0.2) is 64.6 Å². The van der Waals surface area contributed by atoms with Gasteiger partial charge in [-0.1, -0.05) is 0 Å². The molecule has 0 aliphatic carbocycles. The first-order valence-electron chi connectivity index (χ1n) is 8.62. The quantitative estimate of drug-likeness (QED) is 0.845. The summed E-state index contributed by atoms with van der Waals surface area (Å²) in [5, 5.41) is 12.5. The number of hydrogen-bond acceptors (Lipinski definition) is 6. The fraction of sp³-hybridized carbons (Fsp3) is 0.647. The molecule has 8 nitrogen and oxygen atoms in total. The lowest BCUT2D eigenvalue weighted by atomic mass is 9.76. The molecule has 1 atom stereocenters. The van der Waals surface area contributed by atoms with E-state index in [2.05, 4.69) is 20.2 Å². The van der Waals surface area contributed by atoms with Crippen molar-refractivity contribution in [2.45, 2.75) is 39.2 Å². The Hall–Kier alpha value is -2.38. The lowest BCUT2D eigenvalue weighted by molar-refractivity contribution is -0.147. The number of aromatic nitrogens is 2. The number of aryl methyl sites for hydroxylation is 1. The largest absolute Gasteiger partial charge is 0.480 e. The van der Waals surface area contributed by atoms with Gasteiger partial charge < -0.3 is 20.2 Å². The third-order valence-corrected chi connectivity index (χ3v) is 5.40. The summed E-state index contributed by atoms with van der Waals surface area (Å²) >= 11 is 0. The molecule has 136 valence electrons. The zero-order valence-corrected chi connectivity index (χ0v) is 14.9. The molecule has 25 heavy (non-hydrogen) atoms. The van der Waals surface area contributed by atoms with Crippen molar-refractivity contribution in [1.82, 2.24) is 14.9 Å². The predicted molar refractivity (Wildman–Crippen MR) is 93.6 cm³/mol. The van der Waals surface area contributed by atoms with Crippen LogP contribution >= 0.6 is 0 Å². The Labute approximate surface area is 147 Å². The second kappa shape index (κ2) is 6.50. The van der Waals surface area contributed by atoms with Crippen LogP contribution in [0.2, 0.25) is 0 Å². The molecule has 3 rings (SSSR count). The SMILES string of the molecule is CNc1cc(C)nc(N2CCC3(CC2)C[C@H](C(=O)O)N(C(C)=O)C3)n1. The van der Waals surface area contributed by atoms with Gasteiger partial charge in [-0.05, 0) is 31.6 Å². The van der Waals surface area contributed by atoms with Crippen LogP contribution < -0.4 is 10.2 Å². The van der Waals surface area contributed by atoms with Crippen molar-refractivity contribution < 1.29 is 14.7 Å². The molecule has 1 spiro atoms. The van der Waals surface area contributed by atoms with Gasteiger partial charge >= 0.3 is 5.97 Å². The van der Waals surface area contributed by atoms with Crippen molar-refractivity contribution in [1.29, 1.82) is 0 Å². The predicted octanol–water partition coefficient (Wildman–Crippen LogP) is 1.12. The molecule has 0 unspecified atom stereocenters. The molecule has 0 aromatic carbocycles. The molecule has 1 aromatic rings. The van der Waals surface area contributed by atoms with Crippen molar-refractivity contribution in [3.05, 3.63) is 11.8 Å². The van der Waals surface area contributed by atoms with Crippen LogP contribution in [0.25, 0.3) is 0 Å². The van der Waals surface area contributed by atoms with E-state index in [1.54, 1.807) is 0 Å². The van der Waals surface area contributed by atoms with Gasteiger partial charge in [-0.15, -0.1) is 0 Å². The topological polar surface area (TPSA) is 98.7 Å². The number of nitrogens with one attached hydrogen (secondary N) is 1. The summed E-state index contributed by atoms with van der Waals surface area (Å²) in [7, 11) is 1.83. The molecular weight excluding hydrogens is 322 g/mol. The fourth-order valence-electron chi connectivity index (χ4n) is 3.97. The van der Waals surface area contributed by atoms with E-state index in [0.717, 1.165) is 37.4 Å². The monoisotopic (exact) mass is 347 g/mol. The van der Waals surface area contributed by atoms with E-state index in [4.69, 9.17) is 0 Å². The lowest BCUT2D eigenvalue weighted by Gasteiger charge is -2.39. The van der Waals surface area contributed by atoms with Crippen LogP contribution in [0, 0.1) is 12.3 Å². The minimum absolute atomic E-state index is 0.110. The lowest BCUT2D eigenvalue weighted by Crippen LogP contribution is -2.43. The van der Waals surface area contributed by atoms with Gasteiger partial charge in [0.1, 0.15) is 11.9 Å². The van der Waals surface area contributed by atoms with Gasteiger partial charge in [0.05, 0.1) is 0 Å².